The van der Waals surface area contributed by atoms with Gasteiger partial charge in [0, 0.05) is 6.04 Å². The van der Waals surface area contributed by atoms with E-state index < -0.39 is 0 Å². The second-order valence-electron chi connectivity index (χ2n) is 5.46. The lowest BCUT2D eigenvalue weighted by Crippen LogP contribution is -2.08. The van der Waals surface area contributed by atoms with E-state index in [4.69, 9.17) is 0 Å². The van der Waals surface area contributed by atoms with Crippen LogP contribution < -0.4 is 5.32 Å². The predicted octanol–water partition coefficient (Wildman–Crippen LogP) is 5.46. The van der Waals surface area contributed by atoms with Crippen molar-refractivity contribution in [2.45, 2.75) is 19.9 Å². The van der Waals surface area contributed by atoms with E-state index in [2.05, 4.69) is 35.6 Å². The van der Waals surface area contributed by atoms with Gasteiger partial charge in [0.05, 0.1) is 5.69 Å². The molecule has 106 valence electrons. The number of hydrogen-bond donors (Lipinski definition) is 1. The third-order valence-corrected chi connectivity index (χ3v) is 3.77. The summed E-state index contributed by atoms with van der Waals surface area (Å²) >= 11 is 0. The van der Waals surface area contributed by atoms with Crippen LogP contribution in [-0.4, -0.2) is 0 Å². The molecule has 0 saturated heterocycles. The zero-order valence-corrected chi connectivity index (χ0v) is 12.2. The van der Waals surface area contributed by atoms with E-state index in [1.165, 1.54) is 10.8 Å². The van der Waals surface area contributed by atoms with Crippen molar-refractivity contribution in [1.82, 2.24) is 0 Å². The molecule has 0 radical (unpaired) electrons. The van der Waals surface area contributed by atoms with Crippen LogP contribution in [0.1, 0.15) is 24.1 Å². The SMILES string of the molecule is Cc1ccc(NC(C)c2ccc3ccccc3c2)c(F)c1. The third-order valence-electron chi connectivity index (χ3n) is 3.77. The number of aryl methyl sites for hydroxylation is 1. The molecule has 21 heavy (non-hydrogen) atoms. The molecule has 0 fully saturated rings. The summed E-state index contributed by atoms with van der Waals surface area (Å²) in [6.07, 6.45) is 0. The largest absolute Gasteiger partial charge is 0.376 e. The average Bonchev–Trinajstić information content (AvgIpc) is 2.49. The zero-order chi connectivity index (χ0) is 14.8. The van der Waals surface area contributed by atoms with Crippen molar-refractivity contribution in [3.63, 3.8) is 0 Å². The van der Waals surface area contributed by atoms with Gasteiger partial charge in [-0.25, -0.2) is 4.39 Å². The topological polar surface area (TPSA) is 12.0 Å². The first kappa shape index (κ1) is 13.6. The van der Waals surface area contributed by atoms with Crippen molar-refractivity contribution < 1.29 is 4.39 Å². The van der Waals surface area contributed by atoms with Crippen LogP contribution in [0.15, 0.2) is 60.7 Å². The Labute approximate surface area is 124 Å². The molecule has 0 aliphatic heterocycles. The van der Waals surface area contributed by atoms with E-state index in [1.54, 1.807) is 12.1 Å². The van der Waals surface area contributed by atoms with Gasteiger partial charge in [0.15, 0.2) is 0 Å². The highest BCUT2D eigenvalue weighted by Gasteiger charge is 2.09. The number of nitrogens with one attached hydrogen (secondary N) is 1. The summed E-state index contributed by atoms with van der Waals surface area (Å²) in [4.78, 5) is 0. The second-order valence-corrected chi connectivity index (χ2v) is 5.46. The maximum absolute atomic E-state index is 13.9. The summed E-state index contributed by atoms with van der Waals surface area (Å²) in [5.74, 6) is -0.206. The minimum atomic E-state index is -0.206. The normalized spacial score (nSPS) is 12.3. The van der Waals surface area contributed by atoms with Crippen molar-refractivity contribution in [1.29, 1.82) is 0 Å². The molecule has 3 rings (SSSR count). The lowest BCUT2D eigenvalue weighted by Gasteiger charge is -2.17. The molecule has 0 aliphatic rings. The highest BCUT2D eigenvalue weighted by Crippen LogP contribution is 2.25. The van der Waals surface area contributed by atoms with Crippen LogP contribution in [0.3, 0.4) is 0 Å². The Balaban J connectivity index is 1.87. The lowest BCUT2D eigenvalue weighted by molar-refractivity contribution is 0.626. The molecule has 1 N–H and O–H groups in total. The van der Waals surface area contributed by atoms with Gasteiger partial charge in [-0.2, -0.15) is 0 Å². The molecule has 2 heteroatoms. The first-order chi connectivity index (χ1) is 10.1. The number of hydrogen-bond acceptors (Lipinski definition) is 1. The van der Waals surface area contributed by atoms with Gasteiger partial charge in [-0.05, 0) is 53.9 Å². The number of rotatable bonds is 3. The summed E-state index contributed by atoms with van der Waals surface area (Å²) in [6.45, 7) is 3.93. The summed E-state index contributed by atoms with van der Waals surface area (Å²) < 4.78 is 13.9. The molecule has 0 heterocycles. The monoisotopic (exact) mass is 279 g/mol. The van der Waals surface area contributed by atoms with Crippen molar-refractivity contribution >= 4 is 16.5 Å². The van der Waals surface area contributed by atoms with E-state index >= 15 is 0 Å². The molecule has 0 aromatic heterocycles. The molecule has 1 unspecified atom stereocenters. The zero-order valence-electron chi connectivity index (χ0n) is 12.2. The maximum Gasteiger partial charge on any atom is 0.146 e. The minimum absolute atomic E-state index is 0.0480. The molecule has 0 bridgehead atoms. The Bertz CT molecular complexity index is 779. The maximum atomic E-state index is 13.9. The van der Waals surface area contributed by atoms with Gasteiger partial charge in [0.25, 0.3) is 0 Å². The van der Waals surface area contributed by atoms with E-state index in [0.29, 0.717) is 5.69 Å². The Morgan fingerprint density at radius 2 is 1.67 bits per heavy atom. The Kier molecular flexibility index (Phi) is 3.61. The number of anilines is 1. The van der Waals surface area contributed by atoms with E-state index in [1.807, 2.05) is 32.0 Å². The Morgan fingerprint density at radius 3 is 2.43 bits per heavy atom. The standard InChI is InChI=1S/C19H18FN/c1-13-7-10-19(18(20)11-13)21-14(2)16-9-8-15-5-3-4-6-17(15)12-16/h3-12,14,21H,1-2H3. The first-order valence-corrected chi connectivity index (χ1v) is 7.15. The van der Waals surface area contributed by atoms with Gasteiger partial charge in [-0.1, -0.05) is 42.5 Å². The fourth-order valence-electron chi connectivity index (χ4n) is 2.53. The molecule has 0 aliphatic carbocycles. The number of fused-ring (bicyclic) bond motifs is 1. The van der Waals surface area contributed by atoms with Crippen molar-refractivity contribution in [2.24, 2.45) is 0 Å². The second kappa shape index (κ2) is 5.57. The smallest absolute Gasteiger partial charge is 0.146 e. The average molecular weight is 279 g/mol. The van der Waals surface area contributed by atoms with Crippen LogP contribution in [0, 0.1) is 12.7 Å². The van der Waals surface area contributed by atoms with E-state index in [9.17, 15) is 4.39 Å². The van der Waals surface area contributed by atoms with Gasteiger partial charge in [0.1, 0.15) is 5.82 Å². The molecule has 1 atom stereocenters. The van der Waals surface area contributed by atoms with Gasteiger partial charge in [-0.3, -0.25) is 0 Å². The van der Waals surface area contributed by atoms with Crippen LogP contribution in [-0.2, 0) is 0 Å². The quantitative estimate of drug-likeness (QED) is 0.671. The van der Waals surface area contributed by atoms with Crippen molar-refractivity contribution in [2.75, 3.05) is 5.32 Å². The molecule has 0 saturated carbocycles. The van der Waals surface area contributed by atoms with Crippen LogP contribution in [0.25, 0.3) is 10.8 Å². The van der Waals surface area contributed by atoms with Crippen molar-refractivity contribution in [3.05, 3.63) is 77.6 Å². The fourth-order valence-corrected chi connectivity index (χ4v) is 2.53. The molecular weight excluding hydrogens is 261 g/mol. The fraction of sp³-hybridized carbons (Fsp3) is 0.158. The van der Waals surface area contributed by atoms with Gasteiger partial charge in [-0.15, -0.1) is 0 Å². The van der Waals surface area contributed by atoms with Crippen LogP contribution in [0.2, 0.25) is 0 Å². The number of benzene rings is 3. The van der Waals surface area contributed by atoms with E-state index in [-0.39, 0.29) is 11.9 Å². The number of halogens is 1. The van der Waals surface area contributed by atoms with Crippen LogP contribution in [0.5, 0.6) is 0 Å². The van der Waals surface area contributed by atoms with Crippen LogP contribution in [0.4, 0.5) is 10.1 Å². The summed E-state index contributed by atoms with van der Waals surface area (Å²) in [6, 6.07) is 19.9. The van der Waals surface area contributed by atoms with Gasteiger partial charge >= 0.3 is 0 Å². The molecule has 0 spiro atoms. The highest BCUT2D eigenvalue weighted by molar-refractivity contribution is 5.83. The highest BCUT2D eigenvalue weighted by atomic mass is 19.1. The Morgan fingerprint density at radius 1 is 0.905 bits per heavy atom. The van der Waals surface area contributed by atoms with E-state index in [0.717, 1.165) is 11.1 Å². The van der Waals surface area contributed by atoms with Gasteiger partial charge in [0.2, 0.25) is 0 Å². The third kappa shape index (κ3) is 2.89. The minimum Gasteiger partial charge on any atom is -0.376 e. The molecule has 1 nitrogen and oxygen atoms in total. The molecule has 3 aromatic carbocycles. The first-order valence-electron chi connectivity index (χ1n) is 7.15. The summed E-state index contributed by atoms with van der Waals surface area (Å²) in [5, 5.41) is 5.66. The summed E-state index contributed by atoms with van der Waals surface area (Å²) in [5.41, 5.74) is 2.62. The van der Waals surface area contributed by atoms with Gasteiger partial charge < -0.3 is 5.32 Å². The predicted molar refractivity (Wildman–Crippen MR) is 87.1 cm³/mol. The van der Waals surface area contributed by atoms with Crippen LogP contribution >= 0.6 is 0 Å². The summed E-state index contributed by atoms with van der Waals surface area (Å²) in [7, 11) is 0. The molecule has 0 amide bonds. The lowest BCUT2D eigenvalue weighted by atomic mass is 10.0. The van der Waals surface area contributed by atoms with Crippen molar-refractivity contribution in [3.8, 4) is 0 Å². The molecule has 3 aromatic rings. The Hall–Kier alpha value is -2.35. The molecular formula is C19H18FN.